The number of nitrogens with one attached hydrogen (secondary N) is 1. The van der Waals surface area contributed by atoms with Crippen molar-refractivity contribution in [1.82, 2.24) is 0 Å². The van der Waals surface area contributed by atoms with Gasteiger partial charge < -0.3 is 74.4 Å². The van der Waals surface area contributed by atoms with E-state index in [-0.39, 0.29) is 131 Å². The summed E-state index contributed by atoms with van der Waals surface area (Å²) in [6, 6.07) is 55.6. The number of fused-ring (bicyclic) bond motifs is 16. The molecule has 0 unspecified atom stereocenters. The van der Waals surface area contributed by atoms with Crippen LogP contribution in [0.15, 0.2) is 202 Å². The minimum Gasteiger partial charge on any atom is -0.870 e. The molecule has 18 rings (SSSR count). The molecule has 4 amide bonds. The van der Waals surface area contributed by atoms with Crippen LogP contribution in [0.3, 0.4) is 0 Å². The first-order valence-electron chi connectivity index (χ1n) is 39.4. The Hall–Kier alpha value is -13.8. The second-order valence-electron chi connectivity index (χ2n) is 29.5. The van der Waals surface area contributed by atoms with Gasteiger partial charge >= 0.3 is 30.8 Å². The largest absolute Gasteiger partial charge is 1.00 e. The van der Waals surface area contributed by atoms with Crippen LogP contribution < -0.4 is 91.7 Å². The van der Waals surface area contributed by atoms with Gasteiger partial charge in [0.1, 0.15) is 37.9 Å². The number of methoxy groups -OCH3 is 5. The van der Waals surface area contributed by atoms with Crippen LogP contribution in [0, 0.1) is 0 Å². The average Bonchev–Trinajstić information content (AvgIpc) is 1.63. The number of ether oxygens (including phenoxy) is 11. The molecular weight excluding hydrogens is 1570 g/mol. The third-order valence-corrected chi connectivity index (χ3v) is 22.0. The molecule has 0 bridgehead atoms. The topological polar surface area (TPSA) is 366 Å². The number of aliphatic imine (C=N–C) groups is 4. The van der Waals surface area contributed by atoms with Crippen molar-refractivity contribution in [2.24, 2.45) is 25.8 Å². The summed E-state index contributed by atoms with van der Waals surface area (Å²) in [5.41, 5.74) is 14.5. The molecule has 0 saturated carbocycles. The second-order valence-corrected chi connectivity index (χ2v) is 29.5. The standard InChI is InChI=1S/C47H42N4O9.C46H40N4O9.Li.H3N2.H2O/c1-55-41-20-35-37(48-24-32-18-30-9-4-6-11-39(30)50(32)46(35)53)22-43(41)59-26-28-15-29(17-34(16-28)58-14-8-13-45(52)57-3)27-60-44-23-38-36(21-42(44)56-2)47(54)51-33(25-49-38)19-31-10-5-7-12-40(31)51;1-55-40-19-34-36(47-23-31-17-29-8-3-5-10-38(29)49(31)45(34)53)21-42(40)58-25-27-14-28(16-33(15-27)57-13-7-12-44(51)52)26-59-43-22-37-35(20-41(43)56-2)46(54)50-32(24-48-37)18-30-9-4-6-11-39(30)50;;1-2;/h4-7,9-12,15-17,20-25,32-33H,8,13-14,18-19,26-27H2,1-3H3;3-6,8-11,14-16,19-24,31-32H,7,12-13,17-18,25-26H2,1-2H3,(H,51,52);;1H,2H2;1H2/q;;+1;-1;/p-1/t32-,33-;31-,32-;;;/m00.../s1. The third kappa shape index (κ3) is 17.7. The first-order valence-corrected chi connectivity index (χ1v) is 39.4. The second kappa shape index (κ2) is 37.9. The molecule has 0 fully saturated rings. The summed E-state index contributed by atoms with van der Waals surface area (Å²) in [6.07, 6.45) is 11.0. The van der Waals surface area contributed by atoms with Gasteiger partial charge in [-0.05, 0) is 142 Å². The van der Waals surface area contributed by atoms with Crippen LogP contribution in [0.25, 0.3) is 5.84 Å². The molecule has 10 aromatic rings. The fraction of sp³-hybridized carbons (Fsp3) is 0.247. The number of aliphatic carboxylic acids is 1. The Kier molecular flexibility index (Phi) is 26.3. The number of carboxylic acids is 1. The van der Waals surface area contributed by atoms with Crippen LogP contribution in [-0.4, -0.2) is 144 Å². The number of para-hydroxylation sites is 4. The molecule has 4 atom stereocenters. The molecule has 29 nitrogen and oxygen atoms in total. The quantitative estimate of drug-likeness (QED) is 0.0167. The zero-order valence-corrected chi connectivity index (χ0v) is 68.3. The van der Waals surface area contributed by atoms with Crippen LogP contribution in [0.1, 0.15) is 112 Å². The van der Waals surface area contributed by atoms with Gasteiger partial charge in [0.25, 0.3) is 23.6 Å². The molecule has 8 heterocycles. The molecule has 123 heavy (non-hydrogen) atoms. The molecule has 8 aliphatic rings. The Morgan fingerprint density at radius 3 is 0.886 bits per heavy atom. The average molecular weight is 1650 g/mol. The van der Waals surface area contributed by atoms with Crippen molar-refractivity contribution in [2.45, 2.75) is 102 Å². The summed E-state index contributed by atoms with van der Waals surface area (Å²) in [6.45, 7) is 0.877. The van der Waals surface area contributed by atoms with E-state index in [1.807, 2.05) is 158 Å². The van der Waals surface area contributed by atoms with Gasteiger partial charge in [-0.1, -0.05) is 72.8 Å². The van der Waals surface area contributed by atoms with Crippen molar-refractivity contribution in [1.29, 1.82) is 0 Å². The zero-order chi connectivity index (χ0) is 84.0. The van der Waals surface area contributed by atoms with Gasteiger partial charge in [0.05, 0.1) is 118 Å². The minimum atomic E-state index is -0.901. The molecule has 624 valence electrons. The number of benzene rings is 10. The van der Waals surface area contributed by atoms with Gasteiger partial charge in [0, 0.05) is 110 Å². The van der Waals surface area contributed by atoms with E-state index in [0.29, 0.717) is 141 Å². The first-order chi connectivity index (χ1) is 59.1. The Labute approximate surface area is 720 Å². The van der Waals surface area contributed by atoms with Crippen LogP contribution in [-0.2, 0) is 66.4 Å². The van der Waals surface area contributed by atoms with E-state index in [2.05, 4.69) is 5.84 Å². The van der Waals surface area contributed by atoms with E-state index in [1.165, 1.54) is 35.5 Å². The van der Waals surface area contributed by atoms with Gasteiger partial charge in [-0.2, -0.15) is 0 Å². The van der Waals surface area contributed by atoms with Crippen molar-refractivity contribution >= 4 is 106 Å². The van der Waals surface area contributed by atoms with E-state index in [9.17, 15) is 28.8 Å². The number of carbonyl (C=O) groups is 6. The molecule has 0 saturated heterocycles. The predicted molar refractivity (Wildman–Crippen MR) is 457 cm³/mol. The summed E-state index contributed by atoms with van der Waals surface area (Å²) in [4.78, 5) is 105. The summed E-state index contributed by atoms with van der Waals surface area (Å²) >= 11 is 0. The van der Waals surface area contributed by atoms with Crippen LogP contribution >= 0.6 is 0 Å². The number of nitrogens with zero attached hydrogens (tertiary/aromatic N) is 8. The Morgan fingerprint density at radius 1 is 0.374 bits per heavy atom. The van der Waals surface area contributed by atoms with Gasteiger partial charge in [0.2, 0.25) is 0 Å². The van der Waals surface area contributed by atoms with Crippen molar-refractivity contribution in [2.75, 3.05) is 68.4 Å². The third-order valence-electron chi connectivity index (χ3n) is 22.0. The molecule has 0 radical (unpaired) electrons. The number of amides is 4. The van der Waals surface area contributed by atoms with Gasteiger partial charge in [0.15, 0.2) is 46.0 Å². The number of rotatable bonds is 26. The molecule has 0 spiro atoms. The first kappa shape index (κ1) is 85.6. The maximum atomic E-state index is 13.9. The van der Waals surface area contributed by atoms with Crippen LogP contribution in [0.2, 0.25) is 0 Å². The van der Waals surface area contributed by atoms with Crippen LogP contribution in [0.4, 0.5) is 45.5 Å². The number of hydrogen-bond acceptors (Lipinski definition) is 23. The van der Waals surface area contributed by atoms with E-state index in [0.717, 1.165) is 67.3 Å². The van der Waals surface area contributed by atoms with E-state index in [1.54, 1.807) is 68.1 Å². The maximum absolute atomic E-state index is 13.9. The van der Waals surface area contributed by atoms with Crippen molar-refractivity contribution in [3.8, 4) is 57.5 Å². The predicted octanol–water partition coefficient (Wildman–Crippen LogP) is 12.2. The van der Waals surface area contributed by atoms with Crippen molar-refractivity contribution < 1.29 is 110 Å². The molecule has 10 aromatic carbocycles. The van der Waals surface area contributed by atoms with Gasteiger partial charge in [-0.3, -0.25) is 68.3 Å². The van der Waals surface area contributed by atoms with E-state index < -0.39 is 5.97 Å². The number of anilines is 4. The number of esters is 1. The normalized spacial score (nSPS) is 16.3. The number of nitrogens with two attached hydrogens (primary N) is 1. The van der Waals surface area contributed by atoms with Gasteiger partial charge in [-0.15, -0.1) is 0 Å². The summed E-state index contributed by atoms with van der Waals surface area (Å²) in [5.74, 6) is 11.4. The molecule has 30 heteroatoms. The molecule has 0 aliphatic carbocycles. The zero-order valence-electron chi connectivity index (χ0n) is 68.3. The summed E-state index contributed by atoms with van der Waals surface area (Å²) in [7, 11) is 7.47. The van der Waals surface area contributed by atoms with Crippen molar-refractivity contribution in [3.63, 3.8) is 0 Å². The molecular formula is C93H86LiN10O19-. The SMILES string of the molecule is COC(=O)CCCOc1cc(COc2cc3c(cc2OC)C(=O)N2c4ccccc4C[C@H]2C=N3)cc(COc2cc3c(cc2OC)C(=O)N2c4ccccc4C[C@H]2C=N3)c1.COc1cc2c(cc1OCc1cc(COc3cc4c(cc3OC)C(=O)N3c5ccccc5C[C@H]3C=N4)cc(OCCCC(=O)O)c1)N=C[C@@H]1Cc3ccccc3N1C2=O.[Li+].[NH-]N.[OH-]. The monoisotopic (exact) mass is 1650 g/mol. The number of hydrogen-bond donors (Lipinski definition) is 2. The molecule has 5 N–H and O–H groups in total. The Bertz CT molecular complexity index is 5560. The summed E-state index contributed by atoms with van der Waals surface area (Å²) in [5, 5.41) is 9.14. The fourth-order valence-corrected chi connectivity index (χ4v) is 16.3. The van der Waals surface area contributed by atoms with Crippen LogP contribution in [0.5, 0.6) is 57.5 Å². The van der Waals surface area contributed by atoms with E-state index in [4.69, 9.17) is 83.0 Å². The summed E-state index contributed by atoms with van der Waals surface area (Å²) < 4.78 is 65.2. The fourth-order valence-electron chi connectivity index (χ4n) is 16.3. The minimum absolute atomic E-state index is 0. The Morgan fingerprint density at radius 2 is 0.634 bits per heavy atom. The molecule has 0 aromatic heterocycles. The number of carbonyl (C=O) groups excluding carboxylic acids is 5. The van der Waals surface area contributed by atoms with E-state index >= 15 is 0 Å². The Balaban J connectivity index is 0.000000194. The van der Waals surface area contributed by atoms with Crippen molar-refractivity contribution in [3.05, 3.63) is 255 Å². The molecule has 8 aliphatic heterocycles. The number of carboxylic acid groups (broad SMARTS) is 1. The maximum Gasteiger partial charge on any atom is 1.00 e. The van der Waals surface area contributed by atoms with Gasteiger partial charge in [-0.25, -0.2) is 0 Å². The smallest absolute Gasteiger partial charge is 0.870 e.